The highest BCUT2D eigenvalue weighted by molar-refractivity contribution is 6.05. The van der Waals surface area contributed by atoms with Crippen molar-refractivity contribution in [2.45, 2.75) is 84.5 Å². The Kier molecular flexibility index (Phi) is 6.98. The molecule has 0 radical (unpaired) electrons. The van der Waals surface area contributed by atoms with E-state index in [0.717, 1.165) is 29.4 Å². The molecule has 0 N–H and O–H groups in total. The quantitative estimate of drug-likeness (QED) is 0.325. The third-order valence-corrected chi connectivity index (χ3v) is 10.8. The van der Waals surface area contributed by atoms with Crippen LogP contribution in [-0.4, -0.2) is 0 Å². The number of para-hydroxylation sites is 1. The first-order valence-corrected chi connectivity index (χ1v) is 16.1. The van der Waals surface area contributed by atoms with Crippen LogP contribution in [0.1, 0.15) is 84.5 Å². The molecule has 2 heteroatoms. The summed E-state index contributed by atoms with van der Waals surface area (Å²) < 4.78 is 6.35. The number of furan rings is 1. The molecule has 2 aromatic carbocycles. The molecule has 3 aromatic rings. The molecule has 2 saturated carbocycles. The molecule has 7 rings (SSSR count). The van der Waals surface area contributed by atoms with Crippen LogP contribution in [0, 0.1) is 29.1 Å². The summed E-state index contributed by atoms with van der Waals surface area (Å²) in [6.07, 6.45) is 30.1. The smallest absolute Gasteiger partial charge is 0.137 e. The standard InChI is InChI=1S/C38H45NO/c1-27-25-31(17-19-33(27)28-11-5-3-6-12-28)39(30-21-23-38(2,24-22-30)29-13-7-4-8-14-29)32-18-20-35-34-15-9-10-16-36(34)40-37(35)26-32/h9-10,15-23,25-29,33H,3-8,11-14,24H2,1-2H3. The zero-order valence-corrected chi connectivity index (χ0v) is 24.4. The summed E-state index contributed by atoms with van der Waals surface area (Å²) >= 11 is 0. The molecule has 40 heavy (non-hydrogen) atoms. The Balaban J connectivity index is 1.24. The first-order valence-electron chi connectivity index (χ1n) is 16.1. The van der Waals surface area contributed by atoms with E-state index in [1.54, 1.807) is 0 Å². The molecule has 0 aliphatic heterocycles. The first kappa shape index (κ1) is 25.9. The Bertz CT molecular complexity index is 1490. The Morgan fingerprint density at radius 2 is 1.55 bits per heavy atom. The fraction of sp³-hybridized carbons (Fsp3) is 0.474. The number of nitrogens with zero attached hydrogens (tertiary/aromatic N) is 1. The van der Waals surface area contributed by atoms with Gasteiger partial charge in [0.25, 0.3) is 0 Å². The lowest BCUT2D eigenvalue weighted by Gasteiger charge is -2.41. The Labute approximate surface area is 240 Å². The average Bonchev–Trinajstić information content (AvgIpc) is 3.37. The van der Waals surface area contributed by atoms with Crippen molar-refractivity contribution >= 4 is 27.6 Å². The van der Waals surface area contributed by atoms with Crippen molar-refractivity contribution in [3.8, 4) is 0 Å². The molecule has 3 unspecified atom stereocenters. The summed E-state index contributed by atoms with van der Waals surface area (Å²) in [6.45, 7) is 4.93. The van der Waals surface area contributed by atoms with Gasteiger partial charge in [-0.25, -0.2) is 0 Å². The van der Waals surface area contributed by atoms with E-state index in [1.165, 1.54) is 92.1 Å². The molecular weight excluding hydrogens is 486 g/mol. The highest BCUT2D eigenvalue weighted by Crippen LogP contribution is 2.46. The number of allylic oxidation sites excluding steroid dienone is 6. The van der Waals surface area contributed by atoms with Crippen molar-refractivity contribution in [2.24, 2.45) is 29.1 Å². The molecule has 0 spiro atoms. The fourth-order valence-corrected chi connectivity index (χ4v) is 8.34. The second-order valence-electron chi connectivity index (χ2n) is 13.4. The monoisotopic (exact) mass is 531 g/mol. The molecule has 1 heterocycles. The van der Waals surface area contributed by atoms with E-state index in [9.17, 15) is 0 Å². The zero-order valence-electron chi connectivity index (χ0n) is 24.4. The zero-order chi connectivity index (χ0) is 27.1. The van der Waals surface area contributed by atoms with Crippen LogP contribution < -0.4 is 4.90 Å². The summed E-state index contributed by atoms with van der Waals surface area (Å²) in [6, 6.07) is 15.2. The van der Waals surface area contributed by atoms with Gasteiger partial charge in [0.1, 0.15) is 11.2 Å². The van der Waals surface area contributed by atoms with Gasteiger partial charge in [0.2, 0.25) is 0 Å². The number of fused-ring (bicyclic) bond motifs is 3. The normalized spacial score (nSPS) is 28.1. The molecule has 2 nitrogen and oxygen atoms in total. The lowest BCUT2D eigenvalue weighted by atomic mass is 9.66. The number of rotatable bonds is 5. The van der Waals surface area contributed by atoms with Gasteiger partial charge in [-0.15, -0.1) is 0 Å². The van der Waals surface area contributed by atoms with Gasteiger partial charge in [0.15, 0.2) is 0 Å². The van der Waals surface area contributed by atoms with Crippen LogP contribution in [0.3, 0.4) is 0 Å². The third kappa shape index (κ3) is 4.78. The minimum atomic E-state index is 0.272. The van der Waals surface area contributed by atoms with Crippen LogP contribution in [0.4, 0.5) is 5.69 Å². The van der Waals surface area contributed by atoms with E-state index >= 15 is 0 Å². The van der Waals surface area contributed by atoms with E-state index in [1.807, 2.05) is 0 Å². The van der Waals surface area contributed by atoms with Crippen LogP contribution in [0.25, 0.3) is 21.9 Å². The van der Waals surface area contributed by atoms with Gasteiger partial charge in [-0.2, -0.15) is 0 Å². The minimum Gasteiger partial charge on any atom is -0.456 e. The highest BCUT2D eigenvalue weighted by atomic mass is 16.3. The van der Waals surface area contributed by atoms with E-state index < -0.39 is 0 Å². The van der Waals surface area contributed by atoms with Gasteiger partial charge in [-0.1, -0.05) is 94.9 Å². The van der Waals surface area contributed by atoms with Crippen LogP contribution in [0.2, 0.25) is 0 Å². The number of anilines is 1. The lowest BCUT2D eigenvalue weighted by Crippen LogP contribution is -2.31. The summed E-state index contributed by atoms with van der Waals surface area (Å²) in [4.78, 5) is 2.49. The average molecular weight is 532 g/mol. The molecule has 0 amide bonds. The molecule has 4 aliphatic carbocycles. The van der Waals surface area contributed by atoms with E-state index in [4.69, 9.17) is 4.42 Å². The van der Waals surface area contributed by atoms with Crippen molar-refractivity contribution in [3.63, 3.8) is 0 Å². The van der Waals surface area contributed by atoms with Gasteiger partial charge in [-0.05, 0) is 91.5 Å². The fourth-order valence-electron chi connectivity index (χ4n) is 8.34. The molecule has 4 aliphatic rings. The summed E-state index contributed by atoms with van der Waals surface area (Å²) in [7, 11) is 0. The summed E-state index contributed by atoms with van der Waals surface area (Å²) in [5.74, 6) is 2.85. The predicted molar refractivity (Wildman–Crippen MR) is 169 cm³/mol. The first-order chi connectivity index (χ1) is 19.6. The third-order valence-electron chi connectivity index (χ3n) is 10.8. The molecule has 2 fully saturated rings. The lowest BCUT2D eigenvalue weighted by molar-refractivity contribution is 0.190. The van der Waals surface area contributed by atoms with Gasteiger partial charge in [-0.3, -0.25) is 0 Å². The maximum absolute atomic E-state index is 6.35. The van der Waals surface area contributed by atoms with Gasteiger partial charge >= 0.3 is 0 Å². The predicted octanol–water partition coefficient (Wildman–Crippen LogP) is 11.1. The van der Waals surface area contributed by atoms with Gasteiger partial charge in [0, 0.05) is 33.9 Å². The number of hydrogen-bond acceptors (Lipinski definition) is 2. The van der Waals surface area contributed by atoms with E-state index in [0.29, 0.717) is 11.8 Å². The largest absolute Gasteiger partial charge is 0.456 e. The Morgan fingerprint density at radius 1 is 0.800 bits per heavy atom. The van der Waals surface area contributed by atoms with Gasteiger partial charge in [0.05, 0.1) is 0 Å². The second kappa shape index (κ2) is 10.8. The SMILES string of the molecule is CC1C=C(N(C2=CCC(C)(C3CCCCC3)C=C2)c2ccc3c(c2)oc2ccccc23)C=CC1C1CCCCC1. The van der Waals surface area contributed by atoms with Crippen LogP contribution in [0.15, 0.2) is 94.7 Å². The number of hydrogen-bond donors (Lipinski definition) is 0. The van der Waals surface area contributed by atoms with E-state index in [-0.39, 0.29) is 5.41 Å². The highest BCUT2D eigenvalue weighted by Gasteiger charge is 2.35. The second-order valence-corrected chi connectivity index (χ2v) is 13.4. The van der Waals surface area contributed by atoms with Gasteiger partial charge < -0.3 is 9.32 Å². The molecule has 208 valence electrons. The summed E-state index contributed by atoms with van der Waals surface area (Å²) in [5.41, 5.74) is 5.97. The molecular formula is C38H45NO. The van der Waals surface area contributed by atoms with Crippen LogP contribution >= 0.6 is 0 Å². The molecule has 0 saturated heterocycles. The van der Waals surface area contributed by atoms with E-state index in [2.05, 4.69) is 97.7 Å². The maximum atomic E-state index is 6.35. The number of benzene rings is 2. The van der Waals surface area contributed by atoms with Crippen molar-refractivity contribution in [1.29, 1.82) is 0 Å². The Morgan fingerprint density at radius 3 is 2.30 bits per heavy atom. The molecule has 3 atom stereocenters. The van der Waals surface area contributed by atoms with Crippen molar-refractivity contribution in [2.75, 3.05) is 4.90 Å². The van der Waals surface area contributed by atoms with Crippen molar-refractivity contribution in [3.05, 3.63) is 90.3 Å². The topological polar surface area (TPSA) is 16.4 Å². The summed E-state index contributed by atoms with van der Waals surface area (Å²) in [5, 5.41) is 2.38. The Hall–Kier alpha value is -3.00. The maximum Gasteiger partial charge on any atom is 0.137 e. The van der Waals surface area contributed by atoms with Crippen molar-refractivity contribution < 1.29 is 4.42 Å². The van der Waals surface area contributed by atoms with Crippen LogP contribution in [0.5, 0.6) is 0 Å². The minimum absolute atomic E-state index is 0.272. The molecule has 1 aromatic heterocycles. The van der Waals surface area contributed by atoms with Crippen molar-refractivity contribution in [1.82, 2.24) is 0 Å². The molecule has 0 bridgehead atoms. The van der Waals surface area contributed by atoms with Crippen LogP contribution in [-0.2, 0) is 0 Å².